The Labute approximate surface area is 128 Å². The van der Waals surface area contributed by atoms with Gasteiger partial charge in [-0.2, -0.15) is 0 Å². The van der Waals surface area contributed by atoms with Crippen molar-refractivity contribution in [1.29, 1.82) is 0 Å². The maximum Gasteiger partial charge on any atom is -0.0301 e. The summed E-state index contributed by atoms with van der Waals surface area (Å²) in [4.78, 5) is 0. The fourth-order valence-corrected chi connectivity index (χ4v) is 6.30. The van der Waals surface area contributed by atoms with Crippen LogP contribution >= 0.6 is 0 Å². The minimum Gasteiger partial charge on any atom is -0.0654 e. The maximum absolute atomic E-state index is 2.55. The van der Waals surface area contributed by atoms with E-state index in [0.29, 0.717) is 10.8 Å². The molecule has 0 aromatic carbocycles. The zero-order valence-corrected chi connectivity index (χ0v) is 15.1. The summed E-state index contributed by atoms with van der Waals surface area (Å²) in [6.07, 6.45) is 8.61. The average Bonchev–Trinajstić information content (AvgIpc) is 2.74. The average molecular weight is 279 g/mol. The second kappa shape index (κ2) is 5.65. The molecule has 0 amide bonds. The third-order valence-corrected chi connectivity index (χ3v) is 6.78. The van der Waals surface area contributed by atoms with Crippen molar-refractivity contribution in [2.75, 3.05) is 0 Å². The smallest absolute Gasteiger partial charge is 0.0301 e. The van der Waals surface area contributed by atoms with E-state index in [1.165, 1.54) is 38.5 Å². The predicted molar refractivity (Wildman–Crippen MR) is 89.7 cm³/mol. The van der Waals surface area contributed by atoms with E-state index in [4.69, 9.17) is 0 Å². The van der Waals surface area contributed by atoms with E-state index in [-0.39, 0.29) is 0 Å². The zero-order valence-electron chi connectivity index (χ0n) is 15.1. The van der Waals surface area contributed by atoms with Crippen molar-refractivity contribution < 1.29 is 0 Å². The van der Waals surface area contributed by atoms with Gasteiger partial charge >= 0.3 is 0 Å². The molecule has 2 rings (SSSR count). The Hall–Kier alpha value is 0. The van der Waals surface area contributed by atoms with Crippen LogP contribution in [0.5, 0.6) is 0 Å². The molecule has 0 aromatic rings. The van der Waals surface area contributed by atoms with Crippen LogP contribution in [0.4, 0.5) is 0 Å². The normalized spacial score (nSPS) is 40.0. The van der Waals surface area contributed by atoms with Gasteiger partial charge in [0.25, 0.3) is 0 Å². The number of fused-ring (bicyclic) bond motifs is 1. The lowest BCUT2D eigenvalue weighted by Gasteiger charge is -2.34. The van der Waals surface area contributed by atoms with Crippen molar-refractivity contribution in [1.82, 2.24) is 0 Å². The van der Waals surface area contributed by atoms with Gasteiger partial charge < -0.3 is 0 Å². The monoisotopic (exact) mass is 278 g/mol. The van der Waals surface area contributed by atoms with Crippen molar-refractivity contribution in [3.8, 4) is 0 Å². The SMILES string of the molecule is CCCC(C)(C)CCC1CC(C)C2C(C)CC(C)(C)C12. The first-order chi connectivity index (χ1) is 9.18. The van der Waals surface area contributed by atoms with Gasteiger partial charge in [-0.1, -0.05) is 54.9 Å². The maximum atomic E-state index is 2.55. The van der Waals surface area contributed by atoms with Crippen LogP contribution in [0, 0.1) is 40.4 Å². The summed E-state index contributed by atoms with van der Waals surface area (Å²) >= 11 is 0. The van der Waals surface area contributed by atoms with Crippen molar-refractivity contribution in [3.63, 3.8) is 0 Å². The Morgan fingerprint density at radius 1 is 1.05 bits per heavy atom. The van der Waals surface area contributed by atoms with E-state index in [9.17, 15) is 0 Å². The van der Waals surface area contributed by atoms with Crippen molar-refractivity contribution in [2.24, 2.45) is 40.4 Å². The molecule has 20 heavy (non-hydrogen) atoms. The minimum absolute atomic E-state index is 0.560. The Morgan fingerprint density at radius 2 is 1.70 bits per heavy atom. The number of hydrogen-bond donors (Lipinski definition) is 0. The molecule has 0 spiro atoms. The van der Waals surface area contributed by atoms with Gasteiger partial charge in [-0.15, -0.1) is 0 Å². The lowest BCUT2D eigenvalue weighted by molar-refractivity contribution is 0.154. The van der Waals surface area contributed by atoms with Crippen LogP contribution in [-0.2, 0) is 0 Å². The molecule has 118 valence electrons. The molecular weight excluding hydrogens is 240 g/mol. The standard InChI is InChI=1S/C20H38/c1-8-10-19(4,5)11-9-16-12-14(2)17-15(3)13-20(6,7)18(16)17/h14-18H,8-13H2,1-7H3. The quantitative estimate of drug-likeness (QED) is 0.535. The molecule has 2 fully saturated rings. The molecule has 0 aliphatic heterocycles. The first-order valence-corrected chi connectivity index (χ1v) is 9.18. The van der Waals surface area contributed by atoms with Crippen LogP contribution in [0.2, 0.25) is 0 Å². The Morgan fingerprint density at radius 3 is 2.30 bits per heavy atom. The molecule has 5 atom stereocenters. The number of hydrogen-bond acceptors (Lipinski definition) is 0. The molecule has 0 radical (unpaired) electrons. The second-order valence-electron chi connectivity index (χ2n) is 9.70. The first kappa shape index (κ1) is 16.4. The van der Waals surface area contributed by atoms with E-state index in [2.05, 4.69) is 48.5 Å². The van der Waals surface area contributed by atoms with Crippen LogP contribution < -0.4 is 0 Å². The summed E-state index contributed by atoms with van der Waals surface area (Å²) in [5.74, 6) is 4.95. The predicted octanol–water partition coefficient (Wildman–Crippen LogP) is 6.55. The number of rotatable bonds is 5. The highest BCUT2D eigenvalue weighted by Gasteiger charge is 2.55. The van der Waals surface area contributed by atoms with Gasteiger partial charge in [-0.25, -0.2) is 0 Å². The lowest BCUT2D eigenvalue weighted by Crippen LogP contribution is -2.26. The van der Waals surface area contributed by atoms with E-state index < -0.39 is 0 Å². The van der Waals surface area contributed by atoms with Gasteiger partial charge in [0.05, 0.1) is 0 Å². The summed E-state index contributed by atoms with van der Waals surface area (Å²) in [7, 11) is 0. The van der Waals surface area contributed by atoms with Crippen LogP contribution in [0.25, 0.3) is 0 Å². The highest BCUT2D eigenvalue weighted by molar-refractivity contribution is 5.03. The van der Waals surface area contributed by atoms with Crippen LogP contribution in [0.3, 0.4) is 0 Å². The molecule has 0 heterocycles. The van der Waals surface area contributed by atoms with Crippen LogP contribution in [0.15, 0.2) is 0 Å². The fraction of sp³-hybridized carbons (Fsp3) is 1.00. The van der Waals surface area contributed by atoms with Gasteiger partial charge in [0.15, 0.2) is 0 Å². The third-order valence-electron chi connectivity index (χ3n) is 6.78. The molecule has 2 aliphatic carbocycles. The molecule has 2 aliphatic rings. The molecule has 2 saturated carbocycles. The zero-order chi connectivity index (χ0) is 15.1. The summed E-state index contributed by atoms with van der Waals surface area (Å²) in [5.41, 5.74) is 1.15. The fourth-order valence-electron chi connectivity index (χ4n) is 6.30. The molecule has 0 aromatic heterocycles. The lowest BCUT2D eigenvalue weighted by atomic mass is 9.71. The molecule has 5 unspecified atom stereocenters. The van der Waals surface area contributed by atoms with Gasteiger partial charge in [0.1, 0.15) is 0 Å². The highest BCUT2D eigenvalue weighted by atomic mass is 14.6. The summed E-state index contributed by atoms with van der Waals surface area (Å²) in [6, 6.07) is 0. The van der Waals surface area contributed by atoms with Gasteiger partial charge in [-0.05, 0) is 72.5 Å². The first-order valence-electron chi connectivity index (χ1n) is 9.18. The highest BCUT2D eigenvalue weighted by Crippen LogP contribution is 2.62. The van der Waals surface area contributed by atoms with Gasteiger partial charge in [-0.3, -0.25) is 0 Å². The van der Waals surface area contributed by atoms with Gasteiger partial charge in [0, 0.05) is 0 Å². The van der Waals surface area contributed by atoms with Gasteiger partial charge in [0.2, 0.25) is 0 Å². The molecular formula is C20H38. The van der Waals surface area contributed by atoms with Crippen molar-refractivity contribution in [3.05, 3.63) is 0 Å². The van der Waals surface area contributed by atoms with Crippen molar-refractivity contribution >= 4 is 0 Å². The van der Waals surface area contributed by atoms with E-state index >= 15 is 0 Å². The summed E-state index contributed by atoms with van der Waals surface area (Å²) < 4.78 is 0. The Kier molecular flexibility index (Phi) is 4.63. The topological polar surface area (TPSA) is 0 Å². The third kappa shape index (κ3) is 3.09. The largest absolute Gasteiger partial charge is 0.0654 e. The Balaban J connectivity index is 2.03. The summed E-state index contributed by atoms with van der Waals surface area (Å²) in [6.45, 7) is 17.5. The summed E-state index contributed by atoms with van der Waals surface area (Å²) in [5, 5.41) is 0. The van der Waals surface area contributed by atoms with E-state index in [1.807, 2.05) is 0 Å². The Bertz CT molecular complexity index is 325. The minimum atomic E-state index is 0.560. The van der Waals surface area contributed by atoms with Crippen LogP contribution in [-0.4, -0.2) is 0 Å². The molecule has 0 saturated heterocycles. The molecule has 0 heteroatoms. The molecule has 0 bridgehead atoms. The molecule has 0 N–H and O–H groups in total. The van der Waals surface area contributed by atoms with E-state index in [0.717, 1.165) is 29.6 Å². The van der Waals surface area contributed by atoms with Crippen LogP contribution in [0.1, 0.15) is 87.0 Å². The van der Waals surface area contributed by atoms with Crippen molar-refractivity contribution in [2.45, 2.75) is 87.0 Å². The second-order valence-corrected chi connectivity index (χ2v) is 9.70. The van der Waals surface area contributed by atoms with E-state index in [1.54, 1.807) is 0 Å². The molecule has 0 nitrogen and oxygen atoms in total.